The molecule has 0 aliphatic rings. The van der Waals surface area contributed by atoms with E-state index in [1.807, 2.05) is 18.2 Å². The lowest BCUT2D eigenvalue weighted by Crippen LogP contribution is -2.50. The van der Waals surface area contributed by atoms with E-state index in [1.54, 1.807) is 167 Å². The third kappa shape index (κ3) is 21.0. The van der Waals surface area contributed by atoms with Gasteiger partial charge in [0.15, 0.2) is 12.2 Å². The molecule has 0 aliphatic carbocycles. The smallest absolute Gasteiger partial charge is 0.423 e. The zero-order chi connectivity index (χ0) is 76.9. The number of hydrogen-bond acceptors (Lipinski definition) is 20. The van der Waals surface area contributed by atoms with Crippen LogP contribution in [-0.2, 0) is 38.4 Å². The second-order valence-corrected chi connectivity index (χ2v) is 25.7. The Morgan fingerprint density at radius 1 is 0.514 bits per heavy atom. The van der Waals surface area contributed by atoms with Crippen LogP contribution < -0.4 is 38.6 Å². The molecule has 38 heteroatoms. The molecule has 26 nitrogen and oxygen atoms in total. The number of amides is 6. The number of carbonyl (C=O) groups is 7. The third-order valence-corrected chi connectivity index (χ3v) is 18.3. The summed E-state index contributed by atoms with van der Waals surface area (Å²) in [7, 11) is 0.811. The molecule has 0 saturated heterocycles. The van der Waals surface area contributed by atoms with Crippen molar-refractivity contribution in [3.05, 3.63) is 218 Å². The summed E-state index contributed by atoms with van der Waals surface area (Å²) in [5, 5.41) is 57.0. The highest BCUT2D eigenvalue weighted by atomic mass is 127. The maximum Gasteiger partial charge on any atom is 0.490 e. The number of primary amides is 3. The van der Waals surface area contributed by atoms with Crippen LogP contribution in [0.25, 0.3) is 53.2 Å². The fraction of sp³-hybridized carbons (Fsp3) is 0.179. The number of fused-ring (bicyclic) bond motifs is 3. The normalized spacial score (nSPS) is 12.5. The maximum atomic E-state index is 13.4. The number of aliphatic hydroxyl groups is 2. The van der Waals surface area contributed by atoms with Gasteiger partial charge in [0.05, 0.1) is 76.0 Å². The van der Waals surface area contributed by atoms with Crippen molar-refractivity contribution >= 4 is 150 Å². The van der Waals surface area contributed by atoms with Crippen LogP contribution in [0.5, 0.6) is 0 Å². The molecular formula is C67H62BF6IN15O11PS3. The Morgan fingerprint density at radius 3 is 1.25 bits per heavy atom. The molecular weight excluding hydrogens is 1570 g/mol. The number of benzene rings is 6. The predicted molar refractivity (Wildman–Crippen MR) is 394 cm³/mol. The molecule has 6 aromatic heterocycles. The van der Waals surface area contributed by atoms with Gasteiger partial charge in [0.25, 0.3) is 23.6 Å². The van der Waals surface area contributed by atoms with E-state index < -0.39 is 98.3 Å². The molecule has 105 heavy (non-hydrogen) atoms. The van der Waals surface area contributed by atoms with Gasteiger partial charge in [-0.15, -0.1) is 43.3 Å². The van der Waals surface area contributed by atoms with E-state index in [0.29, 0.717) is 59.4 Å². The van der Waals surface area contributed by atoms with Gasteiger partial charge >= 0.3 is 26.8 Å². The van der Waals surface area contributed by atoms with Crippen LogP contribution >= 0.6 is 65.8 Å². The van der Waals surface area contributed by atoms with E-state index in [2.05, 4.69) is 55.4 Å². The largest absolute Gasteiger partial charge is 0.490 e. The van der Waals surface area contributed by atoms with Crippen LogP contribution in [0.15, 0.2) is 181 Å². The van der Waals surface area contributed by atoms with Gasteiger partial charge in [0.2, 0.25) is 17.6 Å². The number of Topliss-reactive ketones (excluding diaryl/α,β-unsaturated/α-hetero) is 1. The quantitative estimate of drug-likeness (QED) is 0.00937. The standard InChI is InChI=1S/C22H19F2N5O3S.C22H17F2N5O3S.C15H15F2IN4O3.C7H6BNO2S.CH5P/c2*23-22(24)29-10-14(17(28-29)13-7-4-8-16-18(13)26-11-33-16)21(32)27-15(19(30)20(25)31)9-12-5-2-1-3-6-12;16-15(17)22-7-9(12(18)21-22)14(25)20-10(11(23)13(19)24)6-8-4-2-1-3-5-8;10-8(11)5-2-1-3-6-7(5)9-4-12-6;1-2/h1-8,10-11,15,19,22,30H,9H2,(H2,25,31)(H,27,32);1-8,10-11,15,22H,9H2,(H2,25,31)(H,27,32);1-5,7,10-11,15,23H,6H2,(H2,19,24)(H,20,25);1-4,10-11H;2H2,1H3/i;;;;1D. The highest BCUT2D eigenvalue weighted by Gasteiger charge is 2.33. The Labute approximate surface area is 621 Å². The van der Waals surface area contributed by atoms with Crippen LogP contribution in [0.3, 0.4) is 0 Å². The molecule has 0 aliphatic heterocycles. The minimum atomic E-state index is -2.99. The second kappa shape index (κ2) is 38.0. The number of hydrogen-bond donors (Lipinski definition) is 10. The number of nitrogens with two attached hydrogens (primary N) is 3. The molecule has 0 radical (unpaired) electrons. The fourth-order valence-corrected chi connectivity index (χ4v) is 12.9. The minimum Gasteiger partial charge on any atom is -0.423 e. The number of alkyl halides is 6. The average Bonchev–Trinajstić information content (AvgIpc) is 1.63. The fourth-order valence-electron chi connectivity index (χ4n) is 10.2. The van der Waals surface area contributed by atoms with Crippen molar-refractivity contribution in [1.29, 1.82) is 0 Å². The zero-order valence-corrected chi connectivity index (χ0v) is 60.0. The van der Waals surface area contributed by atoms with Crippen molar-refractivity contribution in [2.24, 2.45) is 17.2 Å². The summed E-state index contributed by atoms with van der Waals surface area (Å²) in [4.78, 5) is 98.1. The molecule has 6 aromatic carbocycles. The molecule has 12 aromatic rings. The van der Waals surface area contributed by atoms with Gasteiger partial charge in [-0.05, 0) is 70.3 Å². The number of nitrogens with one attached hydrogen (secondary N) is 3. The lowest BCUT2D eigenvalue weighted by Gasteiger charge is -2.22. The first-order valence-corrected chi connectivity index (χ1v) is 35.2. The Hall–Kier alpha value is -10.2. The van der Waals surface area contributed by atoms with Gasteiger partial charge in [0, 0.05) is 43.0 Å². The highest BCUT2D eigenvalue weighted by Crippen LogP contribution is 2.34. The van der Waals surface area contributed by atoms with Crippen molar-refractivity contribution < 1.29 is 81.5 Å². The van der Waals surface area contributed by atoms with Gasteiger partial charge in [0.1, 0.15) is 21.1 Å². The number of ketones is 1. The summed E-state index contributed by atoms with van der Waals surface area (Å²) in [5.41, 5.74) is 25.1. The van der Waals surface area contributed by atoms with Gasteiger partial charge < -0.3 is 53.4 Å². The van der Waals surface area contributed by atoms with Crippen LogP contribution in [0, 0.1) is 3.70 Å². The summed E-state index contributed by atoms with van der Waals surface area (Å²) >= 11 is 5.85. The SMILES string of the molecule is NC(=O)C(=O)C(Cc1ccccc1)NC(=O)c1cn(C(F)F)nc1-c1cccc2scnc12.NC(=O)C(O)C(Cc1ccccc1)NC(=O)c1cn(C(F)F)nc1-c1cccc2scnc12.NC(=O)C(O)C(Cc1ccccc1)NC(=O)c1cn(C(F)F)nc1I.OB(O)c1cccc2scnc12.[2H]CP. The third-order valence-electron chi connectivity index (χ3n) is 15.1. The molecule has 12 rings (SSSR count). The van der Waals surface area contributed by atoms with Crippen LogP contribution in [-0.4, -0.2) is 150 Å². The first-order chi connectivity index (χ1) is 50.7. The Balaban J connectivity index is 0.000000184. The molecule has 13 N–H and O–H groups in total. The number of para-hydroxylation sites is 3. The monoisotopic (exact) mass is 1630 g/mol. The first-order valence-electron chi connectivity index (χ1n) is 31.3. The molecule has 6 unspecified atom stereocenters. The lowest BCUT2D eigenvalue weighted by molar-refractivity contribution is -0.137. The number of aliphatic hydroxyl groups excluding tert-OH is 2. The summed E-state index contributed by atoms with van der Waals surface area (Å²) in [6, 6.07) is 38.6. The Kier molecular flexibility index (Phi) is 28.5. The number of carbonyl (C=O) groups excluding carboxylic acids is 7. The minimum absolute atomic E-state index is 0.00562. The van der Waals surface area contributed by atoms with Crippen molar-refractivity contribution in [2.75, 3.05) is 6.64 Å². The highest BCUT2D eigenvalue weighted by molar-refractivity contribution is 14.1. The van der Waals surface area contributed by atoms with Crippen LogP contribution in [0.4, 0.5) is 26.3 Å². The topological polar surface area (TPSA) is 407 Å². The Morgan fingerprint density at radius 2 is 0.867 bits per heavy atom. The molecule has 6 heterocycles. The van der Waals surface area contributed by atoms with Gasteiger partial charge in [-0.1, -0.05) is 134 Å². The molecule has 0 fully saturated rings. The van der Waals surface area contributed by atoms with Crippen molar-refractivity contribution in [3.63, 3.8) is 0 Å². The molecule has 546 valence electrons. The summed E-state index contributed by atoms with van der Waals surface area (Å²) in [6.45, 7) is -8.44. The van der Waals surface area contributed by atoms with E-state index in [4.69, 9.17) is 28.6 Å². The van der Waals surface area contributed by atoms with Crippen LogP contribution in [0.1, 0.15) is 68.8 Å². The molecule has 0 saturated carbocycles. The van der Waals surface area contributed by atoms with E-state index in [9.17, 15) is 70.1 Å². The maximum absolute atomic E-state index is 13.4. The molecule has 6 amide bonds. The number of halogens is 7. The van der Waals surface area contributed by atoms with Crippen molar-refractivity contribution in [1.82, 2.24) is 60.2 Å². The average molecular weight is 1630 g/mol. The van der Waals surface area contributed by atoms with E-state index in [1.165, 1.54) is 34.0 Å². The number of rotatable bonds is 24. The number of thiazole rings is 3. The summed E-state index contributed by atoms with van der Waals surface area (Å²) in [5.74, 6) is -6.61. The van der Waals surface area contributed by atoms with Gasteiger partial charge in [-0.2, -0.15) is 41.6 Å². The van der Waals surface area contributed by atoms with Crippen molar-refractivity contribution in [2.45, 2.75) is 69.2 Å². The molecule has 0 spiro atoms. The second-order valence-electron chi connectivity index (χ2n) is 22.0. The Bertz CT molecular complexity index is 4990. The molecule has 0 bridgehead atoms. The summed E-state index contributed by atoms with van der Waals surface area (Å²) in [6.07, 6.45) is -0.373. The first kappa shape index (κ1) is 78.9. The van der Waals surface area contributed by atoms with Gasteiger partial charge in [-0.25, -0.2) is 29.0 Å². The summed E-state index contributed by atoms with van der Waals surface area (Å²) < 4.78 is 88.9. The van der Waals surface area contributed by atoms with Gasteiger partial charge in [-0.3, -0.25) is 33.6 Å². The van der Waals surface area contributed by atoms with E-state index >= 15 is 0 Å². The number of nitrogens with zero attached hydrogens (tertiary/aromatic N) is 9. The van der Waals surface area contributed by atoms with E-state index in [-0.39, 0.29) is 51.0 Å². The lowest BCUT2D eigenvalue weighted by atomic mass is 9.80. The zero-order valence-electron chi connectivity index (χ0n) is 55.2. The number of aromatic nitrogens is 9. The molecule has 6 atom stereocenters. The predicted octanol–water partition coefficient (Wildman–Crippen LogP) is 7.23. The van der Waals surface area contributed by atoms with Crippen LogP contribution in [0.2, 0.25) is 0 Å². The van der Waals surface area contributed by atoms with Crippen molar-refractivity contribution in [3.8, 4) is 22.5 Å². The van der Waals surface area contributed by atoms with E-state index in [0.717, 1.165) is 43.8 Å².